The third-order valence-electron chi connectivity index (χ3n) is 4.96. The average Bonchev–Trinajstić information content (AvgIpc) is 3.22. The molecule has 2 heterocycles. The van der Waals surface area contributed by atoms with Crippen LogP contribution in [-0.4, -0.2) is 28.8 Å². The minimum atomic E-state index is -0.0130. The van der Waals surface area contributed by atoms with E-state index in [-0.39, 0.29) is 5.91 Å². The van der Waals surface area contributed by atoms with E-state index < -0.39 is 0 Å². The molecule has 4 aromatic rings. The lowest BCUT2D eigenvalue weighted by Crippen LogP contribution is -2.14. The predicted molar refractivity (Wildman–Crippen MR) is 109 cm³/mol. The van der Waals surface area contributed by atoms with E-state index in [4.69, 9.17) is 4.74 Å². The van der Waals surface area contributed by atoms with E-state index in [0.717, 1.165) is 39.6 Å². The molecule has 0 radical (unpaired) electrons. The van der Waals surface area contributed by atoms with Gasteiger partial charge in [0.05, 0.1) is 18.7 Å². The summed E-state index contributed by atoms with van der Waals surface area (Å²) in [6, 6.07) is 16.2. The first kappa shape index (κ1) is 17.4. The van der Waals surface area contributed by atoms with E-state index >= 15 is 0 Å². The van der Waals surface area contributed by atoms with E-state index in [2.05, 4.69) is 38.8 Å². The fourth-order valence-electron chi connectivity index (χ4n) is 3.62. The molecule has 5 nitrogen and oxygen atoms in total. The lowest BCUT2D eigenvalue weighted by molar-refractivity contribution is -0.115. The van der Waals surface area contributed by atoms with Crippen molar-refractivity contribution in [1.82, 2.24) is 9.13 Å². The summed E-state index contributed by atoms with van der Waals surface area (Å²) < 4.78 is 9.41. The number of carbonyl (C=O) groups is 1. The first-order valence-electron chi connectivity index (χ1n) is 9.07. The Bertz CT molecular complexity index is 1110. The van der Waals surface area contributed by atoms with Crippen molar-refractivity contribution in [2.75, 3.05) is 19.0 Å². The molecule has 4 rings (SSSR count). The van der Waals surface area contributed by atoms with Crippen LogP contribution in [0, 0.1) is 0 Å². The van der Waals surface area contributed by atoms with Gasteiger partial charge in [0.15, 0.2) is 0 Å². The zero-order valence-corrected chi connectivity index (χ0v) is 15.6. The number of amides is 1. The molecular formula is C22H23N3O2. The van der Waals surface area contributed by atoms with Crippen molar-refractivity contribution < 1.29 is 9.53 Å². The molecule has 27 heavy (non-hydrogen) atoms. The van der Waals surface area contributed by atoms with Gasteiger partial charge >= 0.3 is 0 Å². The number of carbonyl (C=O) groups excluding carboxylic acids is 1. The smallest absolute Gasteiger partial charge is 0.228 e. The highest BCUT2D eigenvalue weighted by molar-refractivity contribution is 6.03. The first-order valence-corrected chi connectivity index (χ1v) is 9.07. The lowest BCUT2D eigenvalue weighted by Gasteiger charge is -2.07. The molecule has 0 bridgehead atoms. The predicted octanol–water partition coefficient (Wildman–Crippen LogP) is 3.96. The standard InChI is InChI=1S/C22H23N3O2/c1-24-11-10-18-19(7-5-9-20(18)24)23-22(26)14-16-15-25(12-13-27-2)21-8-4-3-6-17(16)21/h3-11,15H,12-14H2,1-2H3,(H,23,26). The topological polar surface area (TPSA) is 48.2 Å². The Balaban J connectivity index is 1.59. The van der Waals surface area contributed by atoms with Gasteiger partial charge in [-0.2, -0.15) is 0 Å². The second kappa shape index (κ2) is 7.29. The van der Waals surface area contributed by atoms with Crippen molar-refractivity contribution >= 4 is 33.4 Å². The zero-order valence-electron chi connectivity index (χ0n) is 15.6. The highest BCUT2D eigenvalue weighted by Crippen LogP contribution is 2.25. The molecule has 2 aromatic heterocycles. The van der Waals surface area contributed by atoms with Crippen LogP contribution in [0.1, 0.15) is 5.56 Å². The second-order valence-corrected chi connectivity index (χ2v) is 6.75. The Morgan fingerprint density at radius 2 is 1.85 bits per heavy atom. The van der Waals surface area contributed by atoms with E-state index in [0.29, 0.717) is 13.0 Å². The first-order chi connectivity index (χ1) is 13.2. The molecule has 0 unspecified atom stereocenters. The van der Waals surface area contributed by atoms with Crippen LogP contribution in [0.25, 0.3) is 21.8 Å². The van der Waals surface area contributed by atoms with Gasteiger partial charge in [-0.05, 0) is 29.8 Å². The molecule has 0 saturated heterocycles. The average molecular weight is 361 g/mol. The van der Waals surface area contributed by atoms with Gasteiger partial charge in [-0.15, -0.1) is 0 Å². The molecule has 138 valence electrons. The van der Waals surface area contributed by atoms with Crippen LogP contribution in [0.5, 0.6) is 0 Å². The number of benzene rings is 2. The Kier molecular flexibility index (Phi) is 4.69. The van der Waals surface area contributed by atoms with E-state index in [1.165, 1.54) is 0 Å². The maximum atomic E-state index is 12.7. The van der Waals surface area contributed by atoms with Crippen LogP contribution >= 0.6 is 0 Å². The van der Waals surface area contributed by atoms with E-state index in [1.54, 1.807) is 7.11 Å². The summed E-state index contributed by atoms with van der Waals surface area (Å²) in [4.78, 5) is 12.7. The molecule has 0 atom stereocenters. The molecular weight excluding hydrogens is 338 g/mol. The maximum Gasteiger partial charge on any atom is 0.228 e. The van der Waals surface area contributed by atoms with E-state index in [1.807, 2.05) is 43.6 Å². The Morgan fingerprint density at radius 1 is 1.04 bits per heavy atom. The Hall–Kier alpha value is -3.05. The number of ether oxygens (including phenoxy) is 1. The zero-order chi connectivity index (χ0) is 18.8. The molecule has 1 amide bonds. The summed E-state index contributed by atoms with van der Waals surface area (Å²) in [5.74, 6) is -0.0130. The minimum absolute atomic E-state index is 0.0130. The highest BCUT2D eigenvalue weighted by Gasteiger charge is 2.13. The van der Waals surface area contributed by atoms with Crippen molar-refractivity contribution in [3.05, 3.63) is 66.5 Å². The van der Waals surface area contributed by atoms with Crippen molar-refractivity contribution in [3.8, 4) is 0 Å². The van der Waals surface area contributed by atoms with Crippen molar-refractivity contribution in [2.45, 2.75) is 13.0 Å². The summed E-state index contributed by atoms with van der Waals surface area (Å²) in [5, 5.41) is 5.24. The van der Waals surface area contributed by atoms with Gasteiger partial charge in [-0.3, -0.25) is 4.79 Å². The summed E-state index contributed by atoms with van der Waals surface area (Å²) >= 11 is 0. The van der Waals surface area contributed by atoms with Crippen molar-refractivity contribution in [3.63, 3.8) is 0 Å². The van der Waals surface area contributed by atoms with Gasteiger partial charge in [-0.25, -0.2) is 0 Å². The molecule has 0 fully saturated rings. The van der Waals surface area contributed by atoms with Crippen LogP contribution in [0.15, 0.2) is 60.9 Å². The van der Waals surface area contributed by atoms with Crippen molar-refractivity contribution in [2.24, 2.45) is 7.05 Å². The molecule has 0 saturated carbocycles. The van der Waals surface area contributed by atoms with Crippen LogP contribution in [0.4, 0.5) is 5.69 Å². The van der Waals surface area contributed by atoms with Crippen LogP contribution in [0.2, 0.25) is 0 Å². The van der Waals surface area contributed by atoms with Gasteiger partial charge < -0.3 is 19.2 Å². The van der Waals surface area contributed by atoms with Gasteiger partial charge in [0.1, 0.15) is 0 Å². The quantitative estimate of drug-likeness (QED) is 0.565. The second-order valence-electron chi connectivity index (χ2n) is 6.75. The monoisotopic (exact) mass is 361 g/mol. The number of hydrogen-bond donors (Lipinski definition) is 1. The van der Waals surface area contributed by atoms with Gasteiger partial charge in [0, 0.05) is 54.9 Å². The highest BCUT2D eigenvalue weighted by atomic mass is 16.5. The number of methoxy groups -OCH3 is 1. The number of aryl methyl sites for hydroxylation is 1. The summed E-state index contributed by atoms with van der Waals surface area (Å²) in [6.45, 7) is 1.41. The third-order valence-corrected chi connectivity index (χ3v) is 4.96. The number of nitrogens with zero attached hydrogens (tertiary/aromatic N) is 2. The van der Waals surface area contributed by atoms with Gasteiger partial charge in [0.25, 0.3) is 0 Å². The molecule has 2 aromatic carbocycles. The SMILES string of the molecule is COCCn1cc(CC(=O)Nc2cccc3c2ccn3C)c2ccccc21. The largest absolute Gasteiger partial charge is 0.383 e. The number of fused-ring (bicyclic) bond motifs is 2. The van der Waals surface area contributed by atoms with Crippen molar-refractivity contribution in [1.29, 1.82) is 0 Å². The lowest BCUT2D eigenvalue weighted by atomic mass is 10.1. The summed E-state index contributed by atoms with van der Waals surface area (Å²) in [6.07, 6.45) is 4.40. The fourth-order valence-corrected chi connectivity index (χ4v) is 3.62. The molecule has 0 spiro atoms. The third kappa shape index (κ3) is 3.34. The van der Waals surface area contributed by atoms with Gasteiger partial charge in [0.2, 0.25) is 5.91 Å². The molecule has 1 N–H and O–H groups in total. The number of nitrogens with one attached hydrogen (secondary N) is 1. The van der Waals surface area contributed by atoms with Crippen LogP contribution in [-0.2, 0) is 29.5 Å². The number of aromatic nitrogens is 2. The van der Waals surface area contributed by atoms with Crippen LogP contribution in [0.3, 0.4) is 0 Å². The minimum Gasteiger partial charge on any atom is -0.383 e. The Morgan fingerprint density at radius 3 is 2.70 bits per heavy atom. The normalized spacial score (nSPS) is 11.3. The number of para-hydroxylation sites is 1. The maximum absolute atomic E-state index is 12.7. The van der Waals surface area contributed by atoms with E-state index in [9.17, 15) is 4.79 Å². The van der Waals surface area contributed by atoms with Gasteiger partial charge in [-0.1, -0.05) is 24.3 Å². The molecule has 0 aliphatic carbocycles. The van der Waals surface area contributed by atoms with Crippen LogP contribution < -0.4 is 5.32 Å². The fraction of sp³-hybridized carbons (Fsp3) is 0.227. The summed E-state index contributed by atoms with van der Waals surface area (Å²) in [5.41, 5.74) is 4.10. The summed E-state index contributed by atoms with van der Waals surface area (Å²) in [7, 11) is 3.70. The molecule has 5 heteroatoms. The molecule has 0 aliphatic heterocycles. The number of anilines is 1. The molecule has 0 aliphatic rings. The Labute approximate surface area is 158 Å². The number of rotatable bonds is 6. The number of hydrogen-bond acceptors (Lipinski definition) is 2.